The second-order valence-corrected chi connectivity index (χ2v) is 2.26. The van der Waals surface area contributed by atoms with E-state index in [9.17, 15) is 0 Å². The maximum Gasteiger partial charge on any atom is 0.317 e. The van der Waals surface area contributed by atoms with Gasteiger partial charge in [0.05, 0.1) is 18.3 Å². The number of aromatic nitrogens is 2. The summed E-state index contributed by atoms with van der Waals surface area (Å²) in [5.41, 5.74) is 0. The van der Waals surface area contributed by atoms with Crippen molar-refractivity contribution in [2.75, 3.05) is 7.11 Å². The molecule has 0 fully saturated rings. The minimum Gasteiger partial charge on any atom is -0.467 e. The lowest BCUT2D eigenvalue weighted by Crippen LogP contribution is -1.90. The van der Waals surface area contributed by atoms with E-state index >= 15 is 0 Å². The van der Waals surface area contributed by atoms with Crippen LogP contribution in [-0.2, 0) is 0 Å². The van der Waals surface area contributed by atoms with E-state index in [1.807, 2.05) is 0 Å². The highest BCUT2D eigenvalue weighted by Gasteiger charge is 2.00. The van der Waals surface area contributed by atoms with E-state index in [0.717, 1.165) is 0 Å². The van der Waals surface area contributed by atoms with Gasteiger partial charge < -0.3 is 4.74 Å². The normalized spacial score (nSPS) is 9.50. The Labute approximate surface area is 68.0 Å². The summed E-state index contributed by atoms with van der Waals surface area (Å²) < 4.78 is 4.68. The minimum absolute atomic E-state index is 0.202. The van der Waals surface area contributed by atoms with Crippen LogP contribution in [-0.4, -0.2) is 17.1 Å². The molecular formula is C5H4Cl2N2O. The summed E-state index contributed by atoms with van der Waals surface area (Å²) in [6.45, 7) is 0. The Hall–Kier alpha value is -0.540. The van der Waals surface area contributed by atoms with Gasteiger partial charge in [-0.05, 0) is 0 Å². The Bertz CT molecular complexity index is 241. The van der Waals surface area contributed by atoms with Gasteiger partial charge in [-0.15, -0.1) is 0 Å². The summed E-state index contributed by atoms with van der Waals surface area (Å²) in [6.07, 6.45) is 1.38. The molecule has 54 valence electrons. The van der Waals surface area contributed by atoms with Gasteiger partial charge in [-0.25, -0.2) is 4.98 Å². The molecule has 1 aromatic rings. The van der Waals surface area contributed by atoms with Crippen LogP contribution in [0.15, 0.2) is 6.20 Å². The Balaban J connectivity index is 3.04. The highest BCUT2D eigenvalue weighted by molar-refractivity contribution is 6.41. The van der Waals surface area contributed by atoms with Crippen LogP contribution in [0.1, 0.15) is 0 Å². The zero-order valence-corrected chi connectivity index (χ0v) is 6.65. The van der Waals surface area contributed by atoms with Crippen LogP contribution in [0.2, 0.25) is 10.2 Å². The van der Waals surface area contributed by atoms with Crippen LogP contribution in [0.4, 0.5) is 0 Å². The molecule has 0 saturated heterocycles. The Morgan fingerprint density at radius 2 is 2.20 bits per heavy atom. The first-order valence-corrected chi connectivity index (χ1v) is 3.21. The topological polar surface area (TPSA) is 35.0 Å². The van der Waals surface area contributed by atoms with E-state index in [1.165, 1.54) is 13.3 Å². The fraction of sp³-hybridized carbons (Fsp3) is 0.200. The second kappa shape index (κ2) is 3.03. The van der Waals surface area contributed by atoms with E-state index < -0.39 is 0 Å². The molecule has 0 aliphatic rings. The molecule has 0 radical (unpaired) electrons. The molecule has 0 aliphatic carbocycles. The summed E-state index contributed by atoms with van der Waals surface area (Å²) in [5.74, 6) is 0. The third kappa shape index (κ3) is 1.49. The molecule has 1 heterocycles. The van der Waals surface area contributed by atoms with Crippen LogP contribution >= 0.6 is 23.2 Å². The zero-order valence-electron chi connectivity index (χ0n) is 5.14. The Kier molecular flexibility index (Phi) is 2.29. The summed E-state index contributed by atoms with van der Waals surface area (Å²) in [5, 5.41) is 0.524. The first-order valence-electron chi connectivity index (χ1n) is 2.46. The van der Waals surface area contributed by atoms with E-state index in [0.29, 0.717) is 5.02 Å². The monoisotopic (exact) mass is 178 g/mol. The first-order chi connectivity index (χ1) is 4.74. The number of nitrogens with zero attached hydrogens (tertiary/aromatic N) is 2. The van der Waals surface area contributed by atoms with Gasteiger partial charge in [0.25, 0.3) is 0 Å². The number of halogens is 2. The minimum atomic E-state index is 0.202. The van der Waals surface area contributed by atoms with Crippen LogP contribution in [0, 0.1) is 0 Å². The number of methoxy groups -OCH3 is 1. The number of rotatable bonds is 1. The second-order valence-electron chi connectivity index (χ2n) is 1.50. The lowest BCUT2D eigenvalue weighted by Gasteiger charge is -1.96. The van der Waals surface area contributed by atoms with Gasteiger partial charge in [0.1, 0.15) is 0 Å². The summed E-state index contributed by atoms with van der Waals surface area (Å²) in [6, 6.07) is 0.217. The van der Waals surface area contributed by atoms with Gasteiger partial charge in [0.2, 0.25) is 0 Å². The van der Waals surface area contributed by atoms with Crippen molar-refractivity contribution < 1.29 is 4.74 Å². The fourth-order valence-corrected chi connectivity index (χ4v) is 0.642. The molecule has 5 heteroatoms. The summed E-state index contributed by atoms with van der Waals surface area (Å²) in [7, 11) is 1.46. The van der Waals surface area contributed by atoms with Crippen LogP contribution in [0.25, 0.3) is 0 Å². The molecule has 1 aromatic heterocycles. The molecule has 0 amide bonds. The van der Waals surface area contributed by atoms with Crippen LogP contribution in [0.3, 0.4) is 0 Å². The molecule has 0 saturated carbocycles. The average molecular weight is 179 g/mol. The van der Waals surface area contributed by atoms with Crippen molar-refractivity contribution in [3.8, 4) is 6.01 Å². The summed E-state index contributed by atoms with van der Waals surface area (Å²) in [4.78, 5) is 7.40. The van der Waals surface area contributed by atoms with E-state index in [1.54, 1.807) is 0 Å². The molecule has 1 rings (SSSR count). The van der Waals surface area contributed by atoms with Crippen molar-refractivity contribution in [1.82, 2.24) is 9.97 Å². The molecule has 0 atom stereocenters. The van der Waals surface area contributed by atoms with Gasteiger partial charge in [-0.3, -0.25) is 0 Å². The SMILES string of the molecule is COc1ncc(Cl)c(Cl)n1. The molecule has 0 aromatic carbocycles. The quantitative estimate of drug-likeness (QED) is 0.616. The standard InChI is InChI=1S/C5H4Cl2N2O/c1-10-5-8-2-3(6)4(7)9-5/h2H,1H3. The molecule has 0 aliphatic heterocycles. The van der Waals surface area contributed by atoms with Crippen LogP contribution < -0.4 is 4.74 Å². The van der Waals surface area contributed by atoms with Crippen molar-refractivity contribution in [1.29, 1.82) is 0 Å². The largest absolute Gasteiger partial charge is 0.467 e. The van der Waals surface area contributed by atoms with Crippen molar-refractivity contribution in [2.45, 2.75) is 0 Å². The smallest absolute Gasteiger partial charge is 0.317 e. The molecule has 3 nitrogen and oxygen atoms in total. The molecule has 0 N–H and O–H groups in total. The van der Waals surface area contributed by atoms with Crippen molar-refractivity contribution in [3.05, 3.63) is 16.4 Å². The lowest BCUT2D eigenvalue weighted by atomic mass is 10.7. The first kappa shape index (κ1) is 7.57. The third-order valence-electron chi connectivity index (χ3n) is 0.862. The molecule has 0 bridgehead atoms. The van der Waals surface area contributed by atoms with Gasteiger partial charge in [0, 0.05) is 0 Å². The highest BCUT2D eigenvalue weighted by Crippen LogP contribution is 2.19. The Morgan fingerprint density at radius 1 is 1.50 bits per heavy atom. The molecule has 0 spiro atoms. The summed E-state index contributed by atoms with van der Waals surface area (Å²) >= 11 is 11.1. The van der Waals surface area contributed by atoms with Gasteiger partial charge in [-0.2, -0.15) is 4.98 Å². The lowest BCUT2D eigenvalue weighted by molar-refractivity contribution is 0.380. The average Bonchev–Trinajstić information content (AvgIpc) is 1.95. The predicted octanol–water partition coefficient (Wildman–Crippen LogP) is 1.79. The van der Waals surface area contributed by atoms with Gasteiger partial charge in [0.15, 0.2) is 5.15 Å². The molecule has 0 unspecified atom stereocenters. The maximum atomic E-state index is 5.53. The van der Waals surface area contributed by atoms with E-state index in [-0.39, 0.29) is 11.2 Å². The third-order valence-corrected chi connectivity index (χ3v) is 1.52. The highest BCUT2D eigenvalue weighted by atomic mass is 35.5. The van der Waals surface area contributed by atoms with Crippen molar-refractivity contribution in [3.63, 3.8) is 0 Å². The van der Waals surface area contributed by atoms with E-state index in [4.69, 9.17) is 23.2 Å². The maximum absolute atomic E-state index is 5.53. The van der Waals surface area contributed by atoms with Crippen LogP contribution in [0.5, 0.6) is 6.01 Å². The van der Waals surface area contributed by atoms with Gasteiger partial charge in [-0.1, -0.05) is 23.2 Å². The van der Waals surface area contributed by atoms with E-state index in [2.05, 4.69) is 14.7 Å². The Morgan fingerprint density at radius 3 is 2.70 bits per heavy atom. The number of ether oxygens (including phenoxy) is 1. The molecule has 10 heavy (non-hydrogen) atoms. The number of hydrogen-bond acceptors (Lipinski definition) is 3. The predicted molar refractivity (Wildman–Crippen MR) is 38.6 cm³/mol. The van der Waals surface area contributed by atoms with Crippen molar-refractivity contribution in [2.24, 2.45) is 0 Å². The molecular weight excluding hydrogens is 175 g/mol. The van der Waals surface area contributed by atoms with Crippen molar-refractivity contribution >= 4 is 23.2 Å². The zero-order chi connectivity index (χ0) is 7.56. The fourth-order valence-electron chi connectivity index (χ4n) is 0.430. The number of hydrogen-bond donors (Lipinski definition) is 0. The van der Waals surface area contributed by atoms with Gasteiger partial charge >= 0.3 is 6.01 Å².